The second-order valence-electron chi connectivity index (χ2n) is 4.20. The number of hydrogen-bond acceptors (Lipinski definition) is 5. The van der Waals surface area contributed by atoms with Crippen LogP contribution in [0.15, 0.2) is 48.7 Å². The topological polar surface area (TPSA) is 70.3 Å². The Morgan fingerprint density at radius 3 is 2.65 bits per heavy atom. The van der Waals surface area contributed by atoms with E-state index in [9.17, 15) is 0 Å². The van der Waals surface area contributed by atoms with E-state index in [1.54, 1.807) is 31.5 Å². The average molecular weight is 267 g/mol. The summed E-state index contributed by atoms with van der Waals surface area (Å²) in [6, 6.07) is 12.8. The van der Waals surface area contributed by atoms with Gasteiger partial charge in [0, 0.05) is 6.07 Å². The molecule has 100 valence electrons. The summed E-state index contributed by atoms with van der Waals surface area (Å²) >= 11 is 0. The van der Waals surface area contributed by atoms with Gasteiger partial charge in [-0.3, -0.25) is 0 Å². The van der Waals surface area contributed by atoms with Gasteiger partial charge in [0.2, 0.25) is 5.88 Å². The number of methoxy groups -OCH3 is 1. The molecule has 3 aromatic rings. The number of fused-ring (bicyclic) bond motifs is 1. The van der Waals surface area contributed by atoms with Crippen LogP contribution in [0.1, 0.15) is 0 Å². The summed E-state index contributed by atoms with van der Waals surface area (Å²) in [5, 5.41) is 0. The molecule has 2 aromatic carbocycles. The second-order valence-corrected chi connectivity index (χ2v) is 4.20. The van der Waals surface area contributed by atoms with Crippen molar-refractivity contribution in [3.63, 3.8) is 0 Å². The zero-order valence-electron chi connectivity index (χ0n) is 10.9. The van der Waals surface area contributed by atoms with Crippen molar-refractivity contribution >= 4 is 16.7 Å². The number of aromatic nitrogens is 2. The minimum absolute atomic E-state index is 0.392. The number of nitrogens with two attached hydrogens (primary N) is 1. The quantitative estimate of drug-likeness (QED) is 0.739. The number of hydrogen-bond donors (Lipinski definition) is 1. The summed E-state index contributed by atoms with van der Waals surface area (Å²) in [6.45, 7) is 0. The summed E-state index contributed by atoms with van der Waals surface area (Å²) in [6.07, 6.45) is 1.57. The van der Waals surface area contributed by atoms with Crippen molar-refractivity contribution in [2.45, 2.75) is 0 Å². The maximum absolute atomic E-state index is 5.88. The summed E-state index contributed by atoms with van der Waals surface area (Å²) in [5.41, 5.74) is 7.98. The molecule has 5 nitrogen and oxygen atoms in total. The standard InChI is InChI=1S/C15H13N3O2/c1-19-10-6-7-11(16)14(8-10)20-15-9-17-12-4-2-3-5-13(12)18-15/h2-9H,16H2,1H3. The second kappa shape index (κ2) is 5.05. The lowest BCUT2D eigenvalue weighted by molar-refractivity contribution is 0.408. The van der Waals surface area contributed by atoms with E-state index in [1.807, 2.05) is 24.3 Å². The van der Waals surface area contributed by atoms with Crippen LogP contribution in [0.4, 0.5) is 5.69 Å². The maximum Gasteiger partial charge on any atom is 0.238 e. The fourth-order valence-electron chi connectivity index (χ4n) is 1.83. The first-order chi connectivity index (χ1) is 9.76. The molecule has 1 heterocycles. The highest BCUT2D eigenvalue weighted by Crippen LogP contribution is 2.30. The van der Waals surface area contributed by atoms with E-state index < -0.39 is 0 Å². The normalized spacial score (nSPS) is 10.4. The van der Waals surface area contributed by atoms with Crippen LogP contribution in [0.3, 0.4) is 0 Å². The third kappa shape index (κ3) is 2.33. The van der Waals surface area contributed by atoms with E-state index in [4.69, 9.17) is 15.2 Å². The molecule has 0 saturated heterocycles. The van der Waals surface area contributed by atoms with Gasteiger partial charge in [-0.1, -0.05) is 12.1 Å². The lowest BCUT2D eigenvalue weighted by atomic mass is 10.3. The SMILES string of the molecule is COc1ccc(N)c(Oc2cnc3ccccc3n2)c1. The lowest BCUT2D eigenvalue weighted by Gasteiger charge is -2.09. The Morgan fingerprint density at radius 2 is 1.85 bits per heavy atom. The first kappa shape index (κ1) is 12.2. The molecule has 0 unspecified atom stereocenters. The number of para-hydroxylation sites is 2. The Morgan fingerprint density at radius 1 is 1.05 bits per heavy atom. The van der Waals surface area contributed by atoms with Crippen LogP contribution < -0.4 is 15.2 Å². The molecule has 3 rings (SSSR count). The van der Waals surface area contributed by atoms with Gasteiger partial charge in [-0.25, -0.2) is 9.97 Å². The largest absolute Gasteiger partial charge is 0.497 e. The van der Waals surface area contributed by atoms with Gasteiger partial charge in [0.15, 0.2) is 5.75 Å². The van der Waals surface area contributed by atoms with E-state index in [-0.39, 0.29) is 0 Å². The van der Waals surface area contributed by atoms with Crippen molar-refractivity contribution in [2.24, 2.45) is 0 Å². The lowest BCUT2D eigenvalue weighted by Crippen LogP contribution is -1.95. The summed E-state index contributed by atoms with van der Waals surface area (Å²) < 4.78 is 10.8. The van der Waals surface area contributed by atoms with Crippen LogP contribution in [-0.4, -0.2) is 17.1 Å². The molecule has 0 aliphatic carbocycles. The number of rotatable bonds is 3. The van der Waals surface area contributed by atoms with E-state index in [0.29, 0.717) is 23.1 Å². The summed E-state index contributed by atoms with van der Waals surface area (Å²) in [4.78, 5) is 8.68. The Labute approximate surface area is 116 Å². The zero-order valence-corrected chi connectivity index (χ0v) is 10.9. The van der Waals surface area contributed by atoms with Crippen LogP contribution in [0, 0.1) is 0 Å². The zero-order chi connectivity index (χ0) is 13.9. The predicted octanol–water partition coefficient (Wildman–Crippen LogP) is 3.01. The fourth-order valence-corrected chi connectivity index (χ4v) is 1.83. The molecule has 5 heteroatoms. The molecule has 1 aromatic heterocycles. The van der Waals surface area contributed by atoms with Crippen molar-refractivity contribution in [1.29, 1.82) is 0 Å². The predicted molar refractivity (Wildman–Crippen MR) is 77.0 cm³/mol. The fraction of sp³-hybridized carbons (Fsp3) is 0.0667. The molecular formula is C15H13N3O2. The van der Waals surface area contributed by atoms with Gasteiger partial charge in [-0.05, 0) is 24.3 Å². The number of nitrogen functional groups attached to an aromatic ring is 1. The molecule has 0 aliphatic rings. The Bertz CT molecular complexity index is 759. The van der Waals surface area contributed by atoms with Gasteiger partial charge in [0.25, 0.3) is 0 Å². The minimum atomic E-state index is 0.392. The van der Waals surface area contributed by atoms with E-state index in [2.05, 4.69) is 9.97 Å². The first-order valence-corrected chi connectivity index (χ1v) is 6.09. The van der Waals surface area contributed by atoms with Crippen LogP contribution >= 0.6 is 0 Å². The van der Waals surface area contributed by atoms with Crippen molar-refractivity contribution in [1.82, 2.24) is 9.97 Å². The van der Waals surface area contributed by atoms with Crippen LogP contribution in [0.2, 0.25) is 0 Å². The smallest absolute Gasteiger partial charge is 0.238 e. The van der Waals surface area contributed by atoms with Gasteiger partial charge in [-0.2, -0.15) is 0 Å². The highest BCUT2D eigenvalue weighted by Gasteiger charge is 2.06. The molecule has 0 radical (unpaired) electrons. The van der Waals surface area contributed by atoms with E-state index in [1.165, 1.54) is 0 Å². The number of nitrogens with zero attached hydrogens (tertiary/aromatic N) is 2. The Balaban J connectivity index is 1.96. The van der Waals surface area contributed by atoms with Crippen LogP contribution in [-0.2, 0) is 0 Å². The van der Waals surface area contributed by atoms with Crippen molar-refractivity contribution in [2.75, 3.05) is 12.8 Å². The van der Waals surface area contributed by atoms with Gasteiger partial charge >= 0.3 is 0 Å². The molecule has 0 aliphatic heterocycles. The molecule has 0 fully saturated rings. The van der Waals surface area contributed by atoms with Gasteiger partial charge in [0.1, 0.15) is 5.75 Å². The molecule has 0 spiro atoms. The van der Waals surface area contributed by atoms with Crippen LogP contribution in [0.25, 0.3) is 11.0 Å². The monoisotopic (exact) mass is 267 g/mol. The molecule has 0 atom stereocenters. The molecule has 20 heavy (non-hydrogen) atoms. The van der Waals surface area contributed by atoms with Crippen molar-refractivity contribution in [3.8, 4) is 17.4 Å². The molecule has 2 N–H and O–H groups in total. The highest BCUT2D eigenvalue weighted by atomic mass is 16.5. The Hall–Kier alpha value is -2.82. The summed E-state index contributed by atoms with van der Waals surface area (Å²) in [5.74, 6) is 1.56. The number of ether oxygens (including phenoxy) is 2. The molecule has 0 bridgehead atoms. The maximum atomic E-state index is 5.88. The Kier molecular flexibility index (Phi) is 3.09. The molecular weight excluding hydrogens is 254 g/mol. The third-order valence-electron chi connectivity index (χ3n) is 2.86. The van der Waals surface area contributed by atoms with Gasteiger partial charge < -0.3 is 15.2 Å². The van der Waals surface area contributed by atoms with Gasteiger partial charge in [0.05, 0.1) is 30.0 Å². The first-order valence-electron chi connectivity index (χ1n) is 6.09. The molecule has 0 amide bonds. The van der Waals surface area contributed by atoms with Crippen LogP contribution in [0.5, 0.6) is 17.4 Å². The number of benzene rings is 2. The van der Waals surface area contributed by atoms with Gasteiger partial charge in [-0.15, -0.1) is 0 Å². The third-order valence-corrected chi connectivity index (χ3v) is 2.86. The average Bonchev–Trinajstić information content (AvgIpc) is 2.49. The summed E-state index contributed by atoms with van der Waals surface area (Å²) in [7, 11) is 1.59. The van der Waals surface area contributed by atoms with E-state index >= 15 is 0 Å². The highest BCUT2D eigenvalue weighted by molar-refractivity contribution is 5.74. The van der Waals surface area contributed by atoms with Crippen molar-refractivity contribution in [3.05, 3.63) is 48.7 Å². The van der Waals surface area contributed by atoms with E-state index in [0.717, 1.165) is 11.0 Å². The minimum Gasteiger partial charge on any atom is -0.497 e. The molecule has 0 saturated carbocycles. The number of anilines is 1. The van der Waals surface area contributed by atoms with Crippen molar-refractivity contribution < 1.29 is 9.47 Å².